The minimum Gasteiger partial charge on any atom is -0.308 e. The minimum atomic E-state index is 0.612. The molecule has 104 valence electrons. The summed E-state index contributed by atoms with van der Waals surface area (Å²) in [6, 6.07) is 0.612. The van der Waals surface area contributed by atoms with Crippen LogP contribution in [0.15, 0.2) is 6.20 Å². The normalized spacial score (nSPS) is 12.8. The highest BCUT2D eigenvalue weighted by Crippen LogP contribution is 2.13. The van der Waals surface area contributed by atoms with Crippen LogP contribution >= 0.6 is 11.3 Å². The Hall–Kier alpha value is -0.410. The second-order valence-corrected chi connectivity index (χ2v) is 6.26. The second-order valence-electron chi connectivity index (χ2n) is 5.06. The highest BCUT2D eigenvalue weighted by Gasteiger charge is 2.04. The van der Waals surface area contributed by atoms with Crippen molar-refractivity contribution >= 4 is 11.3 Å². The van der Waals surface area contributed by atoms with Crippen LogP contribution in [0.4, 0.5) is 0 Å². The number of unbranched alkanes of at least 4 members (excludes halogenated alkanes) is 4. The Morgan fingerprint density at radius 3 is 2.67 bits per heavy atom. The van der Waals surface area contributed by atoms with E-state index in [-0.39, 0.29) is 0 Å². The average Bonchev–Trinajstić information content (AvgIpc) is 2.84. The number of hydrogen-bond acceptors (Lipinski definition) is 3. The summed E-state index contributed by atoms with van der Waals surface area (Å²) in [6.45, 7) is 7.67. The number of nitrogens with zero attached hydrogens (tertiary/aromatic N) is 1. The van der Waals surface area contributed by atoms with Gasteiger partial charge in [0, 0.05) is 23.7 Å². The van der Waals surface area contributed by atoms with Gasteiger partial charge in [0.05, 0.1) is 0 Å². The lowest BCUT2D eigenvalue weighted by Crippen LogP contribution is -2.25. The van der Waals surface area contributed by atoms with Gasteiger partial charge < -0.3 is 5.32 Å². The summed E-state index contributed by atoms with van der Waals surface area (Å²) in [6.07, 6.45) is 11.3. The predicted molar refractivity (Wildman–Crippen MR) is 81.2 cm³/mol. The fourth-order valence-corrected chi connectivity index (χ4v) is 2.82. The Morgan fingerprint density at radius 1 is 1.22 bits per heavy atom. The molecule has 0 spiro atoms. The summed E-state index contributed by atoms with van der Waals surface area (Å²) in [7, 11) is 0. The molecule has 18 heavy (non-hydrogen) atoms. The van der Waals surface area contributed by atoms with Crippen LogP contribution in [0.25, 0.3) is 0 Å². The zero-order valence-electron chi connectivity index (χ0n) is 12.2. The molecule has 1 aromatic rings. The summed E-state index contributed by atoms with van der Waals surface area (Å²) >= 11 is 1.84. The van der Waals surface area contributed by atoms with Gasteiger partial charge >= 0.3 is 0 Å². The first kappa shape index (κ1) is 15.6. The van der Waals surface area contributed by atoms with E-state index in [2.05, 4.69) is 31.1 Å². The number of aromatic nitrogens is 1. The summed E-state index contributed by atoms with van der Waals surface area (Å²) in [4.78, 5) is 5.82. The topological polar surface area (TPSA) is 24.9 Å². The van der Waals surface area contributed by atoms with Gasteiger partial charge in [-0.15, -0.1) is 11.3 Å². The lowest BCUT2D eigenvalue weighted by atomic mass is 10.1. The molecular formula is C15H28N2S. The summed E-state index contributed by atoms with van der Waals surface area (Å²) in [5.41, 5.74) is 0. The molecule has 1 N–H and O–H groups in total. The van der Waals surface area contributed by atoms with Crippen LogP contribution in [-0.4, -0.2) is 11.0 Å². The molecule has 0 aliphatic carbocycles. The van der Waals surface area contributed by atoms with Crippen molar-refractivity contribution in [3.8, 4) is 0 Å². The maximum atomic E-state index is 4.44. The Morgan fingerprint density at radius 2 is 2.00 bits per heavy atom. The predicted octanol–water partition coefficient (Wildman–Crippen LogP) is 4.54. The molecule has 0 aliphatic rings. The van der Waals surface area contributed by atoms with Gasteiger partial charge in [0.1, 0.15) is 5.01 Å². The van der Waals surface area contributed by atoms with Crippen molar-refractivity contribution in [3.05, 3.63) is 16.1 Å². The first-order valence-electron chi connectivity index (χ1n) is 7.43. The fourth-order valence-electron chi connectivity index (χ4n) is 2.01. The van der Waals surface area contributed by atoms with Crippen LogP contribution in [-0.2, 0) is 13.0 Å². The molecule has 0 aliphatic heterocycles. The number of aryl methyl sites for hydroxylation is 1. The Bertz CT molecular complexity index is 309. The van der Waals surface area contributed by atoms with Crippen LogP contribution in [0.3, 0.4) is 0 Å². The van der Waals surface area contributed by atoms with Crippen molar-refractivity contribution in [1.82, 2.24) is 10.3 Å². The zero-order chi connectivity index (χ0) is 13.2. The first-order chi connectivity index (χ1) is 8.76. The van der Waals surface area contributed by atoms with Crippen LogP contribution in [0, 0.1) is 0 Å². The highest BCUT2D eigenvalue weighted by atomic mass is 32.1. The molecule has 1 rings (SSSR count). The molecular weight excluding hydrogens is 240 g/mol. The van der Waals surface area contributed by atoms with E-state index < -0.39 is 0 Å². The SMILES string of the molecule is CCCCCCCC(C)NCc1ncc(CC)s1. The van der Waals surface area contributed by atoms with Crippen molar-refractivity contribution in [2.24, 2.45) is 0 Å². The van der Waals surface area contributed by atoms with Gasteiger partial charge in [0.25, 0.3) is 0 Å². The van der Waals surface area contributed by atoms with Crippen LogP contribution in [0.2, 0.25) is 0 Å². The lowest BCUT2D eigenvalue weighted by Gasteiger charge is -2.12. The van der Waals surface area contributed by atoms with E-state index in [4.69, 9.17) is 0 Å². The summed E-state index contributed by atoms with van der Waals surface area (Å²) in [5, 5.41) is 4.80. The van der Waals surface area contributed by atoms with Crippen molar-refractivity contribution in [2.45, 2.75) is 78.3 Å². The van der Waals surface area contributed by atoms with Gasteiger partial charge in [0.2, 0.25) is 0 Å². The van der Waals surface area contributed by atoms with Crippen LogP contribution in [0.5, 0.6) is 0 Å². The number of nitrogens with one attached hydrogen (secondary N) is 1. The second kappa shape index (κ2) is 9.51. The quantitative estimate of drug-likeness (QED) is 0.630. The maximum absolute atomic E-state index is 4.44. The van der Waals surface area contributed by atoms with E-state index >= 15 is 0 Å². The molecule has 1 unspecified atom stereocenters. The molecule has 0 bridgehead atoms. The average molecular weight is 268 g/mol. The zero-order valence-corrected chi connectivity index (χ0v) is 13.0. The number of rotatable bonds is 10. The van der Waals surface area contributed by atoms with Gasteiger partial charge in [0.15, 0.2) is 0 Å². The third-order valence-electron chi connectivity index (χ3n) is 3.29. The lowest BCUT2D eigenvalue weighted by molar-refractivity contribution is 0.479. The Labute approximate surface area is 116 Å². The van der Waals surface area contributed by atoms with E-state index in [1.165, 1.54) is 48.4 Å². The summed E-state index contributed by atoms with van der Waals surface area (Å²) in [5.74, 6) is 0. The molecule has 0 amide bonds. The molecule has 3 heteroatoms. The van der Waals surface area contributed by atoms with Gasteiger partial charge in [-0.05, 0) is 19.8 Å². The smallest absolute Gasteiger partial charge is 0.107 e. The van der Waals surface area contributed by atoms with E-state index in [1.807, 2.05) is 17.5 Å². The van der Waals surface area contributed by atoms with E-state index in [9.17, 15) is 0 Å². The third kappa shape index (κ3) is 6.50. The Balaban J connectivity index is 2.07. The largest absolute Gasteiger partial charge is 0.308 e. The molecule has 0 aromatic carbocycles. The molecule has 2 nitrogen and oxygen atoms in total. The van der Waals surface area contributed by atoms with E-state index in [1.54, 1.807) is 0 Å². The molecule has 1 atom stereocenters. The van der Waals surface area contributed by atoms with Crippen molar-refractivity contribution in [3.63, 3.8) is 0 Å². The molecule has 0 saturated heterocycles. The molecule has 1 heterocycles. The molecule has 1 aromatic heterocycles. The monoisotopic (exact) mass is 268 g/mol. The number of hydrogen-bond donors (Lipinski definition) is 1. The van der Waals surface area contributed by atoms with Gasteiger partial charge in [-0.2, -0.15) is 0 Å². The van der Waals surface area contributed by atoms with E-state index in [0.29, 0.717) is 6.04 Å². The van der Waals surface area contributed by atoms with Gasteiger partial charge in [-0.1, -0.05) is 46.0 Å². The Kier molecular flexibility index (Phi) is 8.27. The van der Waals surface area contributed by atoms with Gasteiger partial charge in [-0.25, -0.2) is 4.98 Å². The van der Waals surface area contributed by atoms with Crippen molar-refractivity contribution < 1.29 is 0 Å². The third-order valence-corrected chi connectivity index (χ3v) is 4.43. The summed E-state index contributed by atoms with van der Waals surface area (Å²) < 4.78 is 0. The maximum Gasteiger partial charge on any atom is 0.107 e. The minimum absolute atomic E-state index is 0.612. The van der Waals surface area contributed by atoms with E-state index in [0.717, 1.165) is 13.0 Å². The fraction of sp³-hybridized carbons (Fsp3) is 0.800. The first-order valence-corrected chi connectivity index (χ1v) is 8.24. The molecule has 0 saturated carbocycles. The van der Waals surface area contributed by atoms with Crippen molar-refractivity contribution in [1.29, 1.82) is 0 Å². The molecule has 0 fully saturated rings. The van der Waals surface area contributed by atoms with Crippen LogP contribution in [0.1, 0.15) is 69.2 Å². The number of thiazole rings is 1. The highest BCUT2D eigenvalue weighted by molar-refractivity contribution is 7.11. The van der Waals surface area contributed by atoms with Crippen LogP contribution < -0.4 is 5.32 Å². The molecule has 0 radical (unpaired) electrons. The standard InChI is InChI=1S/C15H28N2S/c1-4-6-7-8-9-10-13(3)16-12-15-17-11-14(5-2)18-15/h11,13,16H,4-10,12H2,1-3H3. The van der Waals surface area contributed by atoms with Gasteiger partial charge in [-0.3, -0.25) is 0 Å². The van der Waals surface area contributed by atoms with Crippen molar-refractivity contribution in [2.75, 3.05) is 0 Å².